The Hall–Kier alpha value is -1.61. The molecule has 0 bridgehead atoms. The molecular formula is C14H14BrNO. The molecule has 0 amide bonds. The van der Waals surface area contributed by atoms with Crippen LogP contribution in [0.15, 0.2) is 60.7 Å². The standard InChI is InChI=1S/C14H13NO.BrH/c16-14(12-7-3-1-4-8-12)11-15-13-9-5-2-6-10-13;/h1-10,15H,11H2;1H. The van der Waals surface area contributed by atoms with Gasteiger partial charge in [-0.3, -0.25) is 4.79 Å². The zero-order valence-corrected chi connectivity index (χ0v) is 11.0. The minimum atomic E-state index is 0. The maximum absolute atomic E-state index is 11.8. The molecule has 0 heterocycles. The lowest BCUT2D eigenvalue weighted by molar-refractivity contribution is 0.101. The Labute approximate surface area is 111 Å². The van der Waals surface area contributed by atoms with Gasteiger partial charge in [-0.15, -0.1) is 17.0 Å². The van der Waals surface area contributed by atoms with Gasteiger partial charge >= 0.3 is 0 Å². The highest BCUT2D eigenvalue weighted by molar-refractivity contribution is 8.93. The van der Waals surface area contributed by atoms with E-state index in [2.05, 4.69) is 5.32 Å². The maximum atomic E-state index is 11.8. The summed E-state index contributed by atoms with van der Waals surface area (Å²) in [5.41, 5.74) is 1.71. The van der Waals surface area contributed by atoms with E-state index in [1.807, 2.05) is 60.7 Å². The molecule has 2 aromatic rings. The van der Waals surface area contributed by atoms with Crippen molar-refractivity contribution in [3.8, 4) is 0 Å². The van der Waals surface area contributed by atoms with E-state index in [0.717, 1.165) is 11.3 Å². The van der Waals surface area contributed by atoms with Crippen LogP contribution < -0.4 is 5.32 Å². The molecule has 0 saturated carbocycles. The molecule has 17 heavy (non-hydrogen) atoms. The molecule has 0 fully saturated rings. The van der Waals surface area contributed by atoms with Crippen LogP contribution in [0.5, 0.6) is 0 Å². The fourth-order valence-electron chi connectivity index (χ4n) is 1.46. The normalized spacial score (nSPS) is 9.18. The van der Waals surface area contributed by atoms with Crippen LogP contribution in [0.3, 0.4) is 0 Å². The van der Waals surface area contributed by atoms with Crippen molar-refractivity contribution in [2.24, 2.45) is 0 Å². The lowest BCUT2D eigenvalue weighted by Gasteiger charge is -2.05. The highest BCUT2D eigenvalue weighted by Crippen LogP contribution is 2.06. The van der Waals surface area contributed by atoms with Crippen molar-refractivity contribution in [1.82, 2.24) is 0 Å². The van der Waals surface area contributed by atoms with Crippen LogP contribution in [0, 0.1) is 0 Å². The molecule has 88 valence electrons. The van der Waals surface area contributed by atoms with Crippen molar-refractivity contribution >= 4 is 28.5 Å². The quantitative estimate of drug-likeness (QED) is 0.873. The van der Waals surface area contributed by atoms with Gasteiger partial charge in [-0.05, 0) is 12.1 Å². The van der Waals surface area contributed by atoms with Crippen LogP contribution in [-0.4, -0.2) is 12.3 Å². The number of carbonyl (C=O) groups is 1. The lowest BCUT2D eigenvalue weighted by atomic mass is 10.1. The van der Waals surface area contributed by atoms with Gasteiger partial charge in [0.2, 0.25) is 0 Å². The van der Waals surface area contributed by atoms with E-state index in [0.29, 0.717) is 6.54 Å². The van der Waals surface area contributed by atoms with Gasteiger partial charge in [-0.1, -0.05) is 48.5 Å². The number of para-hydroxylation sites is 1. The molecule has 2 nitrogen and oxygen atoms in total. The smallest absolute Gasteiger partial charge is 0.181 e. The number of halogens is 1. The van der Waals surface area contributed by atoms with Crippen LogP contribution in [0.2, 0.25) is 0 Å². The zero-order chi connectivity index (χ0) is 11.2. The van der Waals surface area contributed by atoms with Crippen LogP contribution in [0.1, 0.15) is 10.4 Å². The van der Waals surface area contributed by atoms with E-state index in [9.17, 15) is 4.79 Å². The molecule has 0 atom stereocenters. The predicted molar refractivity (Wildman–Crippen MR) is 76.0 cm³/mol. The van der Waals surface area contributed by atoms with Gasteiger partial charge in [-0.25, -0.2) is 0 Å². The van der Waals surface area contributed by atoms with Crippen LogP contribution in [-0.2, 0) is 0 Å². The van der Waals surface area contributed by atoms with Crippen LogP contribution in [0.4, 0.5) is 5.69 Å². The van der Waals surface area contributed by atoms with E-state index < -0.39 is 0 Å². The molecule has 0 spiro atoms. The summed E-state index contributed by atoms with van der Waals surface area (Å²) in [7, 11) is 0. The molecule has 2 aromatic carbocycles. The molecule has 0 aliphatic carbocycles. The summed E-state index contributed by atoms with van der Waals surface area (Å²) in [6, 6.07) is 19.0. The first-order chi connectivity index (χ1) is 7.86. The molecule has 0 saturated heterocycles. The SMILES string of the molecule is Br.O=C(CNc1ccccc1)c1ccccc1. The summed E-state index contributed by atoms with van der Waals surface area (Å²) in [6.45, 7) is 0.327. The molecule has 0 aromatic heterocycles. The summed E-state index contributed by atoms with van der Waals surface area (Å²) in [4.78, 5) is 11.8. The van der Waals surface area contributed by atoms with E-state index >= 15 is 0 Å². The first-order valence-corrected chi connectivity index (χ1v) is 5.23. The Morgan fingerprint density at radius 1 is 0.882 bits per heavy atom. The first-order valence-electron chi connectivity index (χ1n) is 5.23. The summed E-state index contributed by atoms with van der Waals surface area (Å²) >= 11 is 0. The monoisotopic (exact) mass is 291 g/mol. The summed E-state index contributed by atoms with van der Waals surface area (Å²) in [6.07, 6.45) is 0. The first kappa shape index (κ1) is 13.5. The highest BCUT2D eigenvalue weighted by atomic mass is 79.9. The Morgan fingerprint density at radius 2 is 1.41 bits per heavy atom. The van der Waals surface area contributed by atoms with Crippen molar-refractivity contribution in [1.29, 1.82) is 0 Å². The van der Waals surface area contributed by atoms with Gasteiger partial charge in [0, 0.05) is 11.3 Å². The van der Waals surface area contributed by atoms with Gasteiger partial charge in [-0.2, -0.15) is 0 Å². The Balaban J connectivity index is 0.00000144. The number of hydrogen-bond acceptors (Lipinski definition) is 2. The van der Waals surface area contributed by atoms with E-state index in [-0.39, 0.29) is 22.8 Å². The average Bonchev–Trinajstić information content (AvgIpc) is 2.38. The van der Waals surface area contributed by atoms with E-state index in [1.54, 1.807) is 0 Å². The number of rotatable bonds is 4. The number of Topliss-reactive ketones (excluding diaryl/α,β-unsaturated/α-hetero) is 1. The minimum Gasteiger partial charge on any atom is -0.378 e. The highest BCUT2D eigenvalue weighted by Gasteiger charge is 2.03. The summed E-state index contributed by atoms with van der Waals surface area (Å²) in [5, 5.41) is 3.09. The van der Waals surface area contributed by atoms with Crippen molar-refractivity contribution in [2.75, 3.05) is 11.9 Å². The summed E-state index contributed by atoms with van der Waals surface area (Å²) in [5.74, 6) is 0.101. The Kier molecular flexibility index (Phi) is 5.43. The number of anilines is 1. The number of ketones is 1. The van der Waals surface area contributed by atoms with Crippen molar-refractivity contribution in [3.63, 3.8) is 0 Å². The molecular weight excluding hydrogens is 278 g/mol. The van der Waals surface area contributed by atoms with Crippen molar-refractivity contribution in [3.05, 3.63) is 66.2 Å². The fraction of sp³-hybridized carbons (Fsp3) is 0.0714. The Morgan fingerprint density at radius 3 is 2.00 bits per heavy atom. The Bertz CT molecular complexity index is 456. The zero-order valence-electron chi connectivity index (χ0n) is 9.30. The number of nitrogens with one attached hydrogen (secondary N) is 1. The van der Waals surface area contributed by atoms with Gasteiger partial charge in [0.05, 0.1) is 6.54 Å². The summed E-state index contributed by atoms with van der Waals surface area (Å²) < 4.78 is 0. The average molecular weight is 292 g/mol. The second-order valence-electron chi connectivity index (χ2n) is 3.51. The van der Waals surface area contributed by atoms with Crippen LogP contribution >= 0.6 is 17.0 Å². The maximum Gasteiger partial charge on any atom is 0.181 e. The third-order valence-electron chi connectivity index (χ3n) is 2.32. The number of carbonyl (C=O) groups excluding carboxylic acids is 1. The third-order valence-corrected chi connectivity index (χ3v) is 2.32. The molecule has 2 rings (SSSR count). The molecule has 0 radical (unpaired) electrons. The fourth-order valence-corrected chi connectivity index (χ4v) is 1.46. The van der Waals surface area contributed by atoms with Gasteiger partial charge in [0.25, 0.3) is 0 Å². The van der Waals surface area contributed by atoms with Crippen molar-refractivity contribution < 1.29 is 4.79 Å². The number of hydrogen-bond donors (Lipinski definition) is 1. The lowest BCUT2D eigenvalue weighted by Crippen LogP contribution is -2.13. The molecule has 0 aliphatic rings. The second-order valence-corrected chi connectivity index (χ2v) is 3.51. The van der Waals surface area contributed by atoms with E-state index in [1.165, 1.54) is 0 Å². The minimum absolute atomic E-state index is 0. The van der Waals surface area contributed by atoms with Crippen molar-refractivity contribution in [2.45, 2.75) is 0 Å². The van der Waals surface area contributed by atoms with Gasteiger partial charge < -0.3 is 5.32 Å². The molecule has 3 heteroatoms. The number of benzene rings is 2. The second kappa shape index (κ2) is 6.86. The molecule has 0 unspecified atom stereocenters. The third kappa shape index (κ3) is 4.04. The molecule has 1 N–H and O–H groups in total. The largest absolute Gasteiger partial charge is 0.378 e. The van der Waals surface area contributed by atoms with Gasteiger partial charge in [0.1, 0.15) is 0 Å². The molecule has 0 aliphatic heterocycles. The van der Waals surface area contributed by atoms with Crippen LogP contribution in [0.25, 0.3) is 0 Å². The van der Waals surface area contributed by atoms with E-state index in [4.69, 9.17) is 0 Å². The van der Waals surface area contributed by atoms with Gasteiger partial charge in [0.15, 0.2) is 5.78 Å². The topological polar surface area (TPSA) is 29.1 Å². The predicted octanol–water partition coefficient (Wildman–Crippen LogP) is 3.56.